The molecule has 1 spiro atoms. The number of alkyl halides is 3. The van der Waals surface area contributed by atoms with Crippen molar-refractivity contribution in [2.24, 2.45) is 0 Å². The molecule has 7 nitrogen and oxygen atoms in total. The highest BCUT2D eigenvalue weighted by molar-refractivity contribution is 5.73. The van der Waals surface area contributed by atoms with Crippen LogP contribution in [0.3, 0.4) is 0 Å². The van der Waals surface area contributed by atoms with Crippen molar-refractivity contribution in [2.75, 3.05) is 24.5 Å². The summed E-state index contributed by atoms with van der Waals surface area (Å²) in [6.45, 7) is 3.55. The van der Waals surface area contributed by atoms with E-state index in [-0.39, 0.29) is 11.4 Å². The Morgan fingerprint density at radius 1 is 1.17 bits per heavy atom. The fourth-order valence-electron chi connectivity index (χ4n) is 3.56. The minimum absolute atomic E-state index is 0.130. The second-order valence-electron chi connectivity index (χ2n) is 6.91. The molecule has 2 saturated heterocycles. The predicted octanol–water partition coefficient (Wildman–Crippen LogP) is 2.50. The molecule has 11 heteroatoms. The van der Waals surface area contributed by atoms with Gasteiger partial charge in [-0.3, -0.25) is 9.88 Å². The second-order valence-corrected chi connectivity index (χ2v) is 6.91. The molecule has 1 N–H and O–H groups in total. The number of carbonyl (C=O) groups is 1. The van der Waals surface area contributed by atoms with Gasteiger partial charge in [0.2, 0.25) is 5.95 Å². The van der Waals surface area contributed by atoms with Gasteiger partial charge in [0.15, 0.2) is 0 Å². The third kappa shape index (κ3) is 4.78. The zero-order valence-corrected chi connectivity index (χ0v) is 15.3. The second kappa shape index (κ2) is 8.27. The van der Waals surface area contributed by atoms with E-state index < -0.39 is 12.1 Å². The Morgan fingerprint density at radius 3 is 2.38 bits per heavy atom. The lowest BCUT2D eigenvalue weighted by molar-refractivity contribution is -0.192. The van der Waals surface area contributed by atoms with Gasteiger partial charge in [-0.2, -0.15) is 13.2 Å². The van der Waals surface area contributed by atoms with Crippen molar-refractivity contribution in [3.8, 4) is 0 Å². The Kier molecular flexibility index (Phi) is 5.96. The first-order chi connectivity index (χ1) is 13.7. The van der Waals surface area contributed by atoms with E-state index in [1.807, 2.05) is 6.07 Å². The molecular weight excluding hydrogens is 394 g/mol. The van der Waals surface area contributed by atoms with E-state index >= 15 is 0 Å². The van der Waals surface area contributed by atoms with Crippen LogP contribution in [0.1, 0.15) is 18.4 Å². The van der Waals surface area contributed by atoms with Gasteiger partial charge in [-0.05, 0) is 25.0 Å². The molecule has 0 aliphatic carbocycles. The molecule has 1 unspecified atom stereocenters. The number of halogens is 4. The van der Waals surface area contributed by atoms with Crippen LogP contribution in [0, 0.1) is 5.82 Å². The summed E-state index contributed by atoms with van der Waals surface area (Å²) in [5, 5.41) is 7.12. The van der Waals surface area contributed by atoms with Gasteiger partial charge in [-0.15, -0.1) is 0 Å². The molecule has 0 radical (unpaired) electrons. The van der Waals surface area contributed by atoms with Crippen molar-refractivity contribution < 1.29 is 27.5 Å². The molecule has 0 saturated carbocycles. The molecule has 1 atom stereocenters. The van der Waals surface area contributed by atoms with Crippen LogP contribution in [0.5, 0.6) is 0 Å². The summed E-state index contributed by atoms with van der Waals surface area (Å²) in [5.74, 6) is -2.17. The molecule has 2 aliphatic heterocycles. The predicted molar refractivity (Wildman–Crippen MR) is 94.5 cm³/mol. The Hall–Kier alpha value is -2.82. The van der Waals surface area contributed by atoms with Crippen molar-refractivity contribution in [3.63, 3.8) is 0 Å². The number of rotatable bonds is 3. The molecule has 4 heterocycles. The van der Waals surface area contributed by atoms with Gasteiger partial charge < -0.3 is 10.0 Å². The van der Waals surface area contributed by atoms with Gasteiger partial charge in [0, 0.05) is 50.3 Å². The van der Waals surface area contributed by atoms with Crippen molar-refractivity contribution in [1.82, 2.24) is 19.9 Å². The number of aliphatic carboxylic acids is 1. The summed E-state index contributed by atoms with van der Waals surface area (Å²) in [5.41, 5.74) is 0.846. The third-order valence-corrected chi connectivity index (χ3v) is 5.07. The van der Waals surface area contributed by atoms with Crippen LogP contribution in [0.15, 0.2) is 36.9 Å². The summed E-state index contributed by atoms with van der Waals surface area (Å²) in [6, 6.07) is 3.60. The van der Waals surface area contributed by atoms with E-state index in [2.05, 4.69) is 24.8 Å². The molecule has 2 aliphatic rings. The maximum atomic E-state index is 13.8. The zero-order valence-electron chi connectivity index (χ0n) is 15.3. The number of nitrogens with zero attached hydrogens (tertiary/aromatic N) is 5. The SMILES string of the molecule is Fc1cnccc1CN1CCC2(CCN2c2ncccn2)C1.O=C(O)C(F)(F)F. The number of carboxylic acid groups (broad SMARTS) is 1. The van der Waals surface area contributed by atoms with Crippen LogP contribution in [-0.2, 0) is 11.3 Å². The quantitative estimate of drug-likeness (QED) is 0.775. The maximum Gasteiger partial charge on any atom is 0.490 e. The average Bonchev–Trinajstić information content (AvgIpc) is 3.10. The summed E-state index contributed by atoms with van der Waals surface area (Å²) in [6.07, 6.45) is 3.66. The van der Waals surface area contributed by atoms with Crippen LogP contribution < -0.4 is 4.90 Å². The van der Waals surface area contributed by atoms with Crippen LogP contribution in [0.2, 0.25) is 0 Å². The summed E-state index contributed by atoms with van der Waals surface area (Å²) in [7, 11) is 0. The molecule has 0 amide bonds. The van der Waals surface area contributed by atoms with Gasteiger partial charge >= 0.3 is 12.1 Å². The molecule has 2 fully saturated rings. The summed E-state index contributed by atoms with van der Waals surface area (Å²) >= 11 is 0. The van der Waals surface area contributed by atoms with Crippen LogP contribution in [-0.4, -0.2) is 62.3 Å². The highest BCUT2D eigenvalue weighted by atomic mass is 19.4. The Bertz CT molecular complexity index is 852. The van der Waals surface area contributed by atoms with E-state index in [0.29, 0.717) is 12.1 Å². The van der Waals surface area contributed by atoms with Gasteiger partial charge in [0.25, 0.3) is 0 Å². The van der Waals surface area contributed by atoms with Crippen LogP contribution in [0.25, 0.3) is 0 Å². The van der Waals surface area contributed by atoms with Crippen LogP contribution in [0.4, 0.5) is 23.5 Å². The largest absolute Gasteiger partial charge is 0.490 e. The Balaban J connectivity index is 0.000000298. The van der Waals surface area contributed by atoms with E-state index in [1.54, 1.807) is 24.7 Å². The normalized spacial score (nSPS) is 21.4. The molecule has 4 rings (SSSR count). The zero-order chi connectivity index (χ0) is 21.1. The van der Waals surface area contributed by atoms with E-state index in [9.17, 15) is 17.6 Å². The number of aromatic nitrogens is 3. The smallest absolute Gasteiger partial charge is 0.475 e. The lowest BCUT2D eigenvalue weighted by atomic mass is 9.84. The Labute approximate surface area is 164 Å². The van der Waals surface area contributed by atoms with E-state index in [1.165, 1.54) is 6.20 Å². The van der Waals surface area contributed by atoms with Crippen LogP contribution >= 0.6 is 0 Å². The number of anilines is 1. The van der Waals surface area contributed by atoms with Crippen molar-refractivity contribution in [2.45, 2.75) is 31.1 Å². The highest BCUT2D eigenvalue weighted by Crippen LogP contribution is 2.41. The van der Waals surface area contributed by atoms with Gasteiger partial charge in [0.1, 0.15) is 5.82 Å². The topological polar surface area (TPSA) is 82.5 Å². The molecule has 0 aromatic carbocycles. The molecule has 0 bridgehead atoms. The first kappa shape index (κ1) is 20.9. The molecule has 156 valence electrons. The van der Waals surface area contributed by atoms with E-state index in [0.717, 1.165) is 38.4 Å². The molecule has 2 aromatic rings. The molecular formula is C18H19F4N5O2. The maximum absolute atomic E-state index is 13.8. The van der Waals surface area contributed by atoms with E-state index in [4.69, 9.17) is 9.90 Å². The fourth-order valence-corrected chi connectivity index (χ4v) is 3.56. The summed E-state index contributed by atoms with van der Waals surface area (Å²) in [4.78, 5) is 26.1. The first-order valence-corrected chi connectivity index (χ1v) is 8.87. The number of carboxylic acids is 1. The number of pyridine rings is 1. The lowest BCUT2D eigenvalue weighted by Crippen LogP contribution is -2.62. The Morgan fingerprint density at radius 2 is 1.83 bits per heavy atom. The minimum Gasteiger partial charge on any atom is -0.475 e. The van der Waals surface area contributed by atoms with Gasteiger partial charge in [-0.25, -0.2) is 19.2 Å². The number of hydrogen-bond donors (Lipinski definition) is 1. The van der Waals surface area contributed by atoms with Gasteiger partial charge in [0.05, 0.1) is 11.7 Å². The van der Waals surface area contributed by atoms with Crippen molar-refractivity contribution in [3.05, 3.63) is 48.3 Å². The van der Waals surface area contributed by atoms with Crippen molar-refractivity contribution in [1.29, 1.82) is 0 Å². The first-order valence-electron chi connectivity index (χ1n) is 8.87. The standard InChI is InChI=1S/C16H18FN5.C2HF3O2/c17-14-10-18-7-2-13(14)11-21-8-3-16(12-21)4-9-22(16)15-19-5-1-6-20-15;3-2(4,5)1(6)7/h1-2,5-7,10H,3-4,8-9,11-12H2;(H,6,7). The molecule has 2 aromatic heterocycles. The van der Waals surface area contributed by atoms with Crippen molar-refractivity contribution >= 4 is 11.9 Å². The highest BCUT2D eigenvalue weighted by Gasteiger charge is 2.50. The third-order valence-electron chi connectivity index (χ3n) is 5.07. The summed E-state index contributed by atoms with van der Waals surface area (Å²) < 4.78 is 45.5. The lowest BCUT2D eigenvalue weighted by Gasteiger charge is -2.50. The minimum atomic E-state index is -5.08. The monoisotopic (exact) mass is 413 g/mol. The average molecular weight is 413 g/mol. The molecule has 29 heavy (non-hydrogen) atoms. The fraction of sp³-hybridized carbons (Fsp3) is 0.444. The number of hydrogen-bond acceptors (Lipinski definition) is 6. The van der Waals surface area contributed by atoms with Gasteiger partial charge in [-0.1, -0.05) is 0 Å². The number of likely N-dealkylation sites (tertiary alicyclic amines) is 1.